The Morgan fingerprint density at radius 1 is 1.38 bits per heavy atom. The summed E-state index contributed by atoms with van der Waals surface area (Å²) in [6.07, 6.45) is -4.21. The zero-order valence-electron chi connectivity index (χ0n) is 8.01. The lowest BCUT2D eigenvalue weighted by molar-refractivity contribution is -0.171. The first kappa shape index (κ1) is 14.6. The molecular weight excluding hydrogens is 238 g/mol. The molecule has 0 bridgehead atoms. The van der Waals surface area contributed by atoms with E-state index < -0.39 is 36.4 Å². The first-order valence-corrected chi connectivity index (χ1v) is 3.92. The van der Waals surface area contributed by atoms with Crippen LogP contribution in [0.3, 0.4) is 0 Å². The fourth-order valence-electron chi connectivity index (χ4n) is 0.545. The summed E-state index contributed by atoms with van der Waals surface area (Å²) in [7, 11) is 0. The van der Waals surface area contributed by atoms with Gasteiger partial charge in [-0.25, -0.2) is 13.6 Å². The number of carbonyl (C=O) groups excluding carboxylic acids is 1. The predicted molar refractivity (Wildman–Crippen MR) is 42.2 cm³/mol. The monoisotopic (exact) mass is 247 g/mol. The second-order valence-electron chi connectivity index (χ2n) is 3.19. The van der Waals surface area contributed by atoms with Crippen molar-refractivity contribution in [3.63, 3.8) is 0 Å². The third kappa shape index (κ3) is 3.33. The molecule has 0 aromatic carbocycles. The molecule has 0 fully saturated rings. The highest BCUT2D eigenvalue weighted by atomic mass is 19.3. The third-order valence-corrected chi connectivity index (χ3v) is 1.63. The van der Waals surface area contributed by atoms with Crippen LogP contribution in [0.15, 0.2) is 0 Å². The first-order chi connectivity index (χ1) is 7.01. The minimum atomic E-state index is -4.92. The van der Waals surface area contributed by atoms with Gasteiger partial charge >= 0.3 is 18.3 Å². The van der Waals surface area contributed by atoms with Gasteiger partial charge in [-0.15, -0.1) is 0 Å². The van der Waals surface area contributed by atoms with Crippen molar-refractivity contribution >= 4 is 11.9 Å². The van der Waals surface area contributed by atoms with Gasteiger partial charge in [-0.2, -0.15) is 8.78 Å². The summed E-state index contributed by atoms with van der Waals surface area (Å²) in [6, 6.07) is 0. The summed E-state index contributed by atoms with van der Waals surface area (Å²) >= 11 is 0. The molecule has 0 spiro atoms. The molecule has 94 valence electrons. The van der Waals surface area contributed by atoms with E-state index in [1.54, 1.807) is 0 Å². The van der Waals surface area contributed by atoms with Gasteiger partial charge in [0.15, 0.2) is 5.60 Å². The van der Waals surface area contributed by atoms with Crippen LogP contribution in [-0.2, 0) is 9.59 Å². The Hall–Kier alpha value is -1.38. The molecule has 1 atom stereocenters. The average molecular weight is 247 g/mol. The second-order valence-corrected chi connectivity index (χ2v) is 3.19. The van der Waals surface area contributed by atoms with Crippen LogP contribution in [0.2, 0.25) is 0 Å². The SMILES string of the molecule is CC(O)(CNC(=O)C(F)(F)C(F)F)C(=O)O. The van der Waals surface area contributed by atoms with Crippen molar-refractivity contribution in [2.75, 3.05) is 6.54 Å². The molecule has 0 aliphatic heterocycles. The van der Waals surface area contributed by atoms with Gasteiger partial charge in [-0.05, 0) is 6.92 Å². The zero-order valence-corrected chi connectivity index (χ0v) is 8.01. The number of rotatable bonds is 5. The Morgan fingerprint density at radius 2 is 1.81 bits per heavy atom. The van der Waals surface area contributed by atoms with Crippen LogP contribution in [0.5, 0.6) is 0 Å². The molecule has 0 aromatic heterocycles. The number of carboxylic acids is 1. The Balaban J connectivity index is 4.45. The van der Waals surface area contributed by atoms with E-state index in [2.05, 4.69) is 0 Å². The number of alkyl halides is 4. The predicted octanol–water partition coefficient (Wildman–Crippen LogP) is -0.161. The van der Waals surface area contributed by atoms with Gasteiger partial charge in [0.2, 0.25) is 0 Å². The fraction of sp³-hybridized carbons (Fsp3) is 0.714. The second kappa shape index (κ2) is 4.64. The van der Waals surface area contributed by atoms with E-state index in [-0.39, 0.29) is 0 Å². The maximum Gasteiger partial charge on any atom is 0.383 e. The van der Waals surface area contributed by atoms with E-state index in [1.807, 2.05) is 0 Å². The lowest BCUT2D eigenvalue weighted by Crippen LogP contribution is -2.52. The largest absolute Gasteiger partial charge is 0.479 e. The van der Waals surface area contributed by atoms with E-state index in [4.69, 9.17) is 10.2 Å². The summed E-state index contributed by atoms with van der Waals surface area (Å²) in [6.45, 7) is -0.389. The molecule has 9 heteroatoms. The maximum absolute atomic E-state index is 12.3. The van der Waals surface area contributed by atoms with Crippen molar-refractivity contribution in [2.24, 2.45) is 0 Å². The van der Waals surface area contributed by atoms with Crippen LogP contribution in [0.4, 0.5) is 17.6 Å². The molecule has 1 amide bonds. The van der Waals surface area contributed by atoms with Gasteiger partial charge in [0.05, 0.1) is 6.54 Å². The molecule has 0 heterocycles. The summed E-state index contributed by atoms with van der Waals surface area (Å²) in [5.41, 5.74) is -2.51. The molecule has 0 rings (SSSR count). The van der Waals surface area contributed by atoms with Gasteiger partial charge in [0.25, 0.3) is 5.91 Å². The quantitative estimate of drug-likeness (QED) is 0.589. The summed E-state index contributed by atoms with van der Waals surface area (Å²) in [5, 5.41) is 18.6. The van der Waals surface area contributed by atoms with E-state index in [1.165, 1.54) is 5.32 Å². The average Bonchev–Trinajstić information content (AvgIpc) is 2.13. The van der Waals surface area contributed by atoms with Crippen LogP contribution < -0.4 is 5.32 Å². The van der Waals surface area contributed by atoms with Crippen LogP contribution >= 0.6 is 0 Å². The lowest BCUT2D eigenvalue weighted by atomic mass is 10.1. The number of nitrogens with one attached hydrogen (secondary N) is 1. The zero-order chi connectivity index (χ0) is 13.1. The lowest BCUT2D eigenvalue weighted by Gasteiger charge is -2.20. The van der Waals surface area contributed by atoms with Crippen molar-refractivity contribution in [1.82, 2.24) is 5.32 Å². The normalized spacial score (nSPS) is 15.7. The molecule has 1 unspecified atom stereocenters. The molecule has 0 saturated heterocycles. The standard InChI is InChI=1S/C7H9F4NO4/c1-6(16,5(14)15)2-12-4(13)7(10,11)3(8)9/h3,16H,2H2,1H3,(H,12,13)(H,14,15). The Kier molecular flexibility index (Phi) is 4.24. The van der Waals surface area contributed by atoms with E-state index in [0.29, 0.717) is 0 Å². The number of aliphatic hydroxyl groups is 1. The molecule has 0 saturated carbocycles. The van der Waals surface area contributed by atoms with Crippen LogP contribution in [0.1, 0.15) is 6.92 Å². The third-order valence-electron chi connectivity index (χ3n) is 1.63. The van der Waals surface area contributed by atoms with Crippen LogP contribution in [0.25, 0.3) is 0 Å². The number of halogens is 4. The van der Waals surface area contributed by atoms with Gasteiger partial charge < -0.3 is 15.5 Å². The molecule has 0 aromatic rings. The van der Waals surface area contributed by atoms with Gasteiger partial charge in [0.1, 0.15) is 0 Å². The number of hydrogen-bond donors (Lipinski definition) is 3. The number of carbonyl (C=O) groups is 2. The van der Waals surface area contributed by atoms with Gasteiger partial charge in [-0.1, -0.05) is 0 Å². The van der Waals surface area contributed by atoms with E-state index in [0.717, 1.165) is 6.92 Å². The Morgan fingerprint density at radius 3 is 2.12 bits per heavy atom. The topological polar surface area (TPSA) is 86.6 Å². The van der Waals surface area contributed by atoms with Crippen molar-refractivity contribution in [1.29, 1.82) is 0 Å². The van der Waals surface area contributed by atoms with E-state index >= 15 is 0 Å². The van der Waals surface area contributed by atoms with Crippen LogP contribution in [-0.4, -0.2) is 46.6 Å². The summed E-state index contributed by atoms with van der Waals surface area (Å²) < 4.78 is 48.0. The van der Waals surface area contributed by atoms with Crippen molar-refractivity contribution in [2.45, 2.75) is 24.9 Å². The number of hydrogen-bond acceptors (Lipinski definition) is 3. The van der Waals surface area contributed by atoms with Gasteiger partial charge in [0, 0.05) is 0 Å². The maximum atomic E-state index is 12.3. The Bertz CT molecular complexity index is 292. The highest BCUT2D eigenvalue weighted by Crippen LogP contribution is 2.22. The molecule has 0 aliphatic carbocycles. The minimum absolute atomic E-state index is 0.718. The van der Waals surface area contributed by atoms with Gasteiger partial charge in [-0.3, -0.25) is 4.79 Å². The molecular formula is C7H9F4NO4. The summed E-state index contributed by atoms with van der Waals surface area (Å²) in [4.78, 5) is 20.8. The summed E-state index contributed by atoms with van der Waals surface area (Å²) in [5.74, 6) is -9.05. The highest BCUT2D eigenvalue weighted by Gasteiger charge is 2.49. The molecule has 5 nitrogen and oxygen atoms in total. The smallest absolute Gasteiger partial charge is 0.383 e. The number of aliphatic carboxylic acids is 1. The highest BCUT2D eigenvalue weighted by molar-refractivity contribution is 5.85. The van der Waals surface area contributed by atoms with E-state index in [9.17, 15) is 27.2 Å². The molecule has 3 N–H and O–H groups in total. The molecule has 0 radical (unpaired) electrons. The first-order valence-electron chi connectivity index (χ1n) is 3.92. The minimum Gasteiger partial charge on any atom is -0.479 e. The van der Waals surface area contributed by atoms with Crippen molar-refractivity contribution in [3.05, 3.63) is 0 Å². The number of amides is 1. The molecule has 0 aliphatic rings. The van der Waals surface area contributed by atoms with Crippen molar-refractivity contribution < 1.29 is 37.4 Å². The fourth-order valence-corrected chi connectivity index (χ4v) is 0.545. The number of carboxylic acid groups (broad SMARTS) is 1. The molecule has 16 heavy (non-hydrogen) atoms. The van der Waals surface area contributed by atoms with Crippen LogP contribution in [0, 0.1) is 0 Å². The van der Waals surface area contributed by atoms with Crippen molar-refractivity contribution in [3.8, 4) is 0 Å². The Labute approximate surface area is 87.1 Å².